The summed E-state index contributed by atoms with van der Waals surface area (Å²) >= 11 is 0. The Hall–Kier alpha value is -2.59. The third kappa shape index (κ3) is 3.51. The average molecular weight is 380 g/mol. The highest BCUT2D eigenvalue weighted by atomic mass is 32.2. The Bertz CT molecular complexity index is 997. The van der Waals surface area contributed by atoms with Gasteiger partial charge in [0.1, 0.15) is 11.5 Å². The summed E-state index contributed by atoms with van der Waals surface area (Å²) in [7, 11) is -2.37. The van der Waals surface area contributed by atoms with Crippen molar-refractivity contribution in [1.82, 2.24) is 19.0 Å². The Morgan fingerprint density at radius 2 is 1.81 bits per heavy atom. The number of aromatic nitrogens is 2. The number of rotatable bonds is 3. The van der Waals surface area contributed by atoms with Crippen molar-refractivity contribution in [2.24, 2.45) is 7.05 Å². The second kappa shape index (κ2) is 6.96. The predicted molar refractivity (Wildman–Crippen MR) is 90.5 cm³/mol. The van der Waals surface area contributed by atoms with Gasteiger partial charge in [0.15, 0.2) is 0 Å². The van der Waals surface area contributed by atoms with E-state index >= 15 is 0 Å². The van der Waals surface area contributed by atoms with Crippen molar-refractivity contribution >= 4 is 15.9 Å². The van der Waals surface area contributed by atoms with Crippen LogP contribution in [0.15, 0.2) is 46.1 Å². The van der Waals surface area contributed by atoms with Gasteiger partial charge in [-0.25, -0.2) is 17.5 Å². The third-order valence-electron chi connectivity index (χ3n) is 4.14. The molecule has 8 nitrogen and oxygen atoms in total. The fourth-order valence-corrected chi connectivity index (χ4v) is 4.14. The molecule has 0 saturated carbocycles. The van der Waals surface area contributed by atoms with E-state index in [0.717, 1.165) is 10.7 Å². The highest BCUT2D eigenvalue weighted by Gasteiger charge is 2.31. The standard InChI is InChI=1S/C16H17FN4O4S/c1-19-15(22)6-5-14(18-19)16(23)20-7-9-21(10-8-20)26(24,25)13-4-2-3-12(17)11-13/h2-6,11H,7-10H2,1H3. The van der Waals surface area contributed by atoms with Crippen LogP contribution in [0.25, 0.3) is 0 Å². The summed E-state index contributed by atoms with van der Waals surface area (Å²) in [5.41, 5.74) is -0.207. The quantitative estimate of drug-likeness (QED) is 0.751. The van der Waals surface area contributed by atoms with Crippen molar-refractivity contribution in [2.45, 2.75) is 4.90 Å². The van der Waals surface area contributed by atoms with E-state index in [2.05, 4.69) is 5.10 Å². The molecule has 0 spiro atoms. The number of hydrogen-bond donors (Lipinski definition) is 0. The summed E-state index contributed by atoms with van der Waals surface area (Å²) < 4.78 is 40.8. The second-order valence-corrected chi connectivity index (χ2v) is 7.77. The number of amides is 1. The summed E-state index contributed by atoms with van der Waals surface area (Å²) in [6.07, 6.45) is 0. The van der Waals surface area contributed by atoms with Gasteiger partial charge in [-0.15, -0.1) is 0 Å². The Kier molecular flexibility index (Phi) is 4.88. The fraction of sp³-hybridized carbons (Fsp3) is 0.312. The van der Waals surface area contributed by atoms with E-state index in [1.807, 2.05) is 0 Å². The number of carbonyl (C=O) groups excluding carboxylic acids is 1. The van der Waals surface area contributed by atoms with Crippen LogP contribution in [0.2, 0.25) is 0 Å². The monoisotopic (exact) mass is 380 g/mol. The maximum absolute atomic E-state index is 13.3. The van der Waals surface area contributed by atoms with Gasteiger partial charge in [-0.2, -0.15) is 9.40 Å². The van der Waals surface area contributed by atoms with Crippen LogP contribution in [0, 0.1) is 5.82 Å². The molecular formula is C16H17FN4O4S. The SMILES string of the molecule is Cn1nc(C(=O)N2CCN(S(=O)(=O)c3cccc(F)c3)CC2)ccc1=O. The van der Waals surface area contributed by atoms with Crippen LogP contribution >= 0.6 is 0 Å². The molecule has 2 heterocycles. The van der Waals surface area contributed by atoms with Crippen LogP contribution in [-0.2, 0) is 17.1 Å². The normalized spacial score (nSPS) is 15.8. The molecule has 0 atom stereocenters. The first-order valence-corrected chi connectivity index (χ1v) is 9.32. The van der Waals surface area contributed by atoms with E-state index in [-0.39, 0.29) is 48.2 Å². The minimum absolute atomic E-state index is 0.0936. The number of nitrogens with zero attached hydrogens (tertiary/aromatic N) is 4. The lowest BCUT2D eigenvalue weighted by molar-refractivity contribution is 0.0689. The number of piperazine rings is 1. The Labute approximate surface area is 149 Å². The molecule has 1 amide bonds. The molecule has 1 aliphatic heterocycles. The molecule has 1 fully saturated rings. The summed E-state index contributed by atoms with van der Waals surface area (Å²) in [6.45, 7) is 0.544. The van der Waals surface area contributed by atoms with Gasteiger partial charge >= 0.3 is 0 Å². The topological polar surface area (TPSA) is 92.6 Å². The Morgan fingerprint density at radius 3 is 2.42 bits per heavy atom. The van der Waals surface area contributed by atoms with Gasteiger partial charge in [-0.05, 0) is 24.3 Å². The van der Waals surface area contributed by atoms with Crippen molar-refractivity contribution < 1.29 is 17.6 Å². The molecule has 0 N–H and O–H groups in total. The zero-order valence-corrected chi connectivity index (χ0v) is 14.8. The maximum Gasteiger partial charge on any atom is 0.274 e. The van der Waals surface area contributed by atoms with Gasteiger partial charge in [0.2, 0.25) is 10.0 Å². The molecule has 1 aromatic heterocycles. The Morgan fingerprint density at radius 1 is 1.12 bits per heavy atom. The summed E-state index contributed by atoms with van der Waals surface area (Å²) in [6, 6.07) is 7.43. The van der Waals surface area contributed by atoms with Gasteiger partial charge in [-0.3, -0.25) is 9.59 Å². The van der Waals surface area contributed by atoms with Crippen molar-refractivity contribution in [3.8, 4) is 0 Å². The second-order valence-electron chi connectivity index (χ2n) is 5.83. The number of aryl methyl sites for hydroxylation is 1. The van der Waals surface area contributed by atoms with Gasteiger partial charge in [0, 0.05) is 39.3 Å². The van der Waals surface area contributed by atoms with Crippen LogP contribution in [-0.4, -0.2) is 59.5 Å². The lowest BCUT2D eigenvalue weighted by atomic mass is 10.3. The molecule has 10 heteroatoms. The average Bonchev–Trinajstić information content (AvgIpc) is 2.63. The van der Waals surface area contributed by atoms with Gasteiger partial charge < -0.3 is 4.90 Å². The smallest absolute Gasteiger partial charge is 0.274 e. The molecule has 1 aliphatic rings. The van der Waals surface area contributed by atoms with Gasteiger partial charge in [0.05, 0.1) is 4.90 Å². The van der Waals surface area contributed by atoms with E-state index < -0.39 is 15.8 Å². The lowest BCUT2D eigenvalue weighted by Crippen LogP contribution is -2.50. The van der Waals surface area contributed by atoms with Crippen molar-refractivity contribution in [3.05, 3.63) is 58.3 Å². The summed E-state index contributed by atoms with van der Waals surface area (Å²) in [5.74, 6) is -0.996. The molecule has 0 radical (unpaired) electrons. The van der Waals surface area contributed by atoms with E-state index in [1.54, 1.807) is 0 Å². The predicted octanol–water partition coefficient (Wildman–Crippen LogP) is 0.0661. The number of carbonyl (C=O) groups is 1. The minimum Gasteiger partial charge on any atom is -0.335 e. The zero-order chi connectivity index (χ0) is 18.9. The van der Waals surface area contributed by atoms with E-state index in [9.17, 15) is 22.4 Å². The summed E-state index contributed by atoms with van der Waals surface area (Å²) in [4.78, 5) is 25.2. The van der Waals surface area contributed by atoms with E-state index in [4.69, 9.17) is 0 Å². The van der Waals surface area contributed by atoms with Crippen molar-refractivity contribution in [2.75, 3.05) is 26.2 Å². The van der Waals surface area contributed by atoms with Crippen LogP contribution in [0.3, 0.4) is 0 Å². The van der Waals surface area contributed by atoms with Crippen LogP contribution in [0.4, 0.5) is 4.39 Å². The number of benzene rings is 1. The fourth-order valence-electron chi connectivity index (χ4n) is 2.69. The third-order valence-corrected chi connectivity index (χ3v) is 6.03. The first-order valence-electron chi connectivity index (χ1n) is 7.88. The summed E-state index contributed by atoms with van der Waals surface area (Å²) in [5, 5.41) is 3.91. The van der Waals surface area contributed by atoms with E-state index in [0.29, 0.717) is 0 Å². The number of sulfonamides is 1. The van der Waals surface area contributed by atoms with Crippen LogP contribution in [0.1, 0.15) is 10.5 Å². The molecule has 3 rings (SSSR count). The number of halogens is 1. The molecule has 0 unspecified atom stereocenters. The lowest BCUT2D eigenvalue weighted by Gasteiger charge is -2.33. The zero-order valence-electron chi connectivity index (χ0n) is 14.0. The van der Waals surface area contributed by atoms with Gasteiger partial charge in [0.25, 0.3) is 11.5 Å². The molecule has 138 valence electrons. The first kappa shape index (κ1) is 18.2. The molecule has 0 aliphatic carbocycles. The highest BCUT2D eigenvalue weighted by Crippen LogP contribution is 2.19. The van der Waals surface area contributed by atoms with E-state index in [1.165, 1.54) is 46.6 Å². The molecule has 0 bridgehead atoms. The first-order chi connectivity index (χ1) is 12.3. The molecular weight excluding hydrogens is 363 g/mol. The molecule has 2 aromatic rings. The largest absolute Gasteiger partial charge is 0.335 e. The molecule has 1 saturated heterocycles. The van der Waals surface area contributed by atoms with Crippen LogP contribution in [0.5, 0.6) is 0 Å². The minimum atomic E-state index is -3.82. The van der Waals surface area contributed by atoms with Crippen LogP contribution < -0.4 is 5.56 Å². The van der Waals surface area contributed by atoms with Gasteiger partial charge in [-0.1, -0.05) is 6.07 Å². The Balaban J connectivity index is 1.71. The molecule has 26 heavy (non-hydrogen) atoms. The molecule has 1 aromatic carbocycles. The van der Waals surface area contributed by atoms with Crippen molar-refractivity contribution in [3.63, 3.8) is 0 Å². The number of hydrogen-bond acceptors (Lipinski definition) is 5. The van der Waals surface area contributed by atoms with Crippen molar-refractivity contribution in [1.29, 1.82) is 0 Å². The maximum atomic E-state index is 13.3. The highest BCUT2D eigenvalue weighted by molar-refractivity contribution is 7.89.